The van der Waals surface area contributed by atoms with E-state index < -0.39 is 0 Å². The Bertz CT molecular complexity index is 1400. The summed E-state index contributed by atoms with van der Waals surface area (Å²) in [6, 6.07) is 23.8. The Morgan fingerprint density at radius 2 is 1.21 bits per heavy atom. The van der Waals surface area contributed by atoms with E-state index in [9.17, 15) is 9.59 Å². The highest BCUT2D eigenvalue weighted by atomic mass is 32.2. The average molecular weight is 396 g/mol. The van der Waals surface area contributed by atoms with Crippen LogP contribution in [0.5, 0.6) is 0 Å². The van der Waals surface area contributed by atoms with Crippen LogP contribution in [0.1, 0.15) is 20.7 Å². The molecule has 0 spiro atoms. The Balaban J connectivity index is 1.54. The minimum absolute atomic E-state index is 0.0373. The van der Waals surface area contributed by atoms with Gasteiger partial charge >= 0.3 is 0 Å². The predicted octanol–water partition coefficient (Wildman–Crippen LogP) is 6.48. The van der Waals surface area contributed by atoms with Gasteiger partial charge in [0.15, 0.2) is 0 Å². The summed E-state index contributed by atoms with van der Waals surface area (Å²) >= 11 is 2.86. The third-order valence-corrected chi connectivity index (χ3v) is 7.80. The number of carbonyl (C=O) groups excluding carboxylic acids is 2. The van der Waals surface area contributed by atoms with Gasteiger partial charge in [0.05, 0.1) is 9.81 Å². The quantitative estimate of drug-likeness (QED) is 0.319. The van der Waals surface area contributed by atoms with Gasteiger partial charge in [-0.15, -0.1) is 0 Å². The fourth-order valence-corrected chi connectivity index (χ4v) is 6.39. The van der Waals surface area contributed by atoms with Crippen molar-refractivity contribution in [1.82, 2.24) is 0 Å². The summed E-state index contributed by atoms with van der Waals surface area (Å²) in [5.74, 6) is -0.0801. The molecule has 0 saturated carbocycles. The Morgan fingerprint density at radius 1 is 0.571 bits per heavy atom. The predicted molar refractivity (Wildman–Crippen MR) is 115 cm³/mol. The number of Topliss-reactive ketones (excluding diaryl/α,β-unsaturated/α-hetero) is 2. The van der Waals surface area contributed by atoms with Gasteiger partial charge in [-0.2, -0.15) is 0 Å². The van der Waals surface area contributed by atoms with E-state index in [0.717, 1.165) is 36.9 Å². The topological polar surface area (TPSA) is 34.1 Å². The molecule has 0 aliphatic carbocycles. The molecule has 0 radical (unpaired) electrons. The zero-order valence-corrected chi connectivity index (χ0v) is 16.2. The lowest BCUT2D eigenvalue weighted by Crippen LogP contribution is -2.02. The van der Waals surface area contributed by atoms with Crippen LogP contribution < -0.4 is 0 Å². The molecular weight excluding hydrogens is 384 g/mol. The molecule has 0 saturated heterocycles. The fraction of sp³-hybridized carbons (Fsp3) is 0. The second-order valence-corrected chi connectivity index (χ2v) is 8.92. The van der Waals surface area contributed by atoms with Gasteiger partial charge in [0, 0.05) is 20.9 Å². The van der Waals surface area contributed by atoms with E-state index in [2.05, 4.69) is 0 Å². The standard InChI is InChI=1S/C24H12O2S2/c25-20-17-11-9-14-6-2-4-8-16(14)22(17)28-23(20)24-21(26)19-15-7-3-1-5-13(15)10-12-18(19)27-24/h1-12H/b24-23-. The maximum absolute atomic E-state index is 13.3. The van der Waals surface area contributed by atoms with Crippen LogP contribution >= 0.6 is 23.5 Å². The lowest BCUT2D eigenvalue weighted by Gasteiger charge is -2.02. The van der Waals surface area contributed by atoms with E-state index in [1.807, 2.05) is 72.8 Å². The first kappa shape index (κ1) is 16.2. The molecule has 4 aromatic carbocycles. The highest BCUT2D eigenvalue weighted by Gasteiger charge is 2.37. The van der Waals surface area contributed by atoms with Crippen molar-refractivity contribution >= 4 is 56.6 Å². The van der Waals surface area contributed by atoms with Gasteiger partial charge in [-0.3, -0.25) is 9.59 Å². The molecule has 0 bridgehead atoms. The molecule has 0 fully saturated rings. The van der Waals surface area contributed by atoms with E-state index >= 15 is 0 Å². The number of allylic oxidation sites excluding steroid dienone is 2. The Morgan fingerprint density at radius 3 is 2.04 bits per heavy atom. The van der Waals surface area contributed by atoms with Crippen molar-refractivity contribution in [2.75, 3.05) is 0 Å². The summed E-state index contributed by atoms with van der Waals surface area (Å²) < 4.78 is 0. The number of hydrogen-bond acceptors (Lipinski definition) is 4. The van der Waals surface area contributed by atoms with E-state index in [1.165, 1.54) is 23.5 Å². The summed E-state index contributed by atoms with van der Waals surface area (Å²) in [6.07, 6.45) is 0. The molecule has 132 valence electrons. The molecule has 4 heteroatoms. The molecule has 2 aliphatic rings. The highest BCUT2D eigenvalue weighted by molar-refractivity contribution is 8.08. The number of hydrogen-bond donors (Lipinski definition) is 0. The van der Waals surface area contributed by atoms with Crippen LogP contribution in [0.15, 0.2) is 92.4 Å². The first-order valence-electron chi connectivity index (χ1n) is 8.95. The van der Waals surface area contributed by atoms with Gasteiger partial charge in [0.2, 0.25) is 11.6 Å². The molecule has 6 rings (SSSR count). The zero-order valence-electron chi connectivity index (χ0n) is 14.6. The molecule has 2 heterocycles. The number of carbonyl (C=O) groups is 2. The maximum Gasteiger partial charge on any atom is 0.202 e. The monoisotopic (exact) mass is 396 g/mol. The van der Waals surface area contributed by atoms with Gasteiger partial charge in [0.1, 0.15) is 0 Å². The summed E-state index contributed by atoms with van der Waals surface area (Å²) in [6.45, 7) is 0. The second-order valence-electron chi connectivity index (χ2n) is 6.84. The third-order valence-electron chi connectivity index (χ3n) is 5.28. The Kier molecular flexibility index (Phi) is 3.37. The van der Waals surface area contributed by atoms with Crippen molar-refractivity contribution in [2.24, 2.45) is 0 Å². The lowest BCUT2D eigenvalue weighted by molar-refractivity contribution is 0.101. The van der Waals surface area contributed by atoms with E-state index in [1.54, 1.807) is 0 Å². The number of benzene rings is 4. The van der Waals surface area contributed by atoms with Crippen molar-refractivity contribution in [1.29, 1.82) is 0 Å². The van der Waals surface area contributed by atoms with Gasteiger partial charge in [0.25, 0.3) is 0 Å². The van der Waals surface area contributed by atoms with Crippen LogP contribution in [0.25, 0.3) is 21.5 Å². The van der Waals surface area contributed by atoms with Crippen LogP contribution in [0.4, 0.5) is 0 Å². The van der Waals surface area contributed by atoms with E-state index in [0.29, 0.717) is 15.4 Å². The first-order valence-corrected chi connectivity index (χ1v) is 10.6. The minimum Gasteiger partial charge on any atom is -0.288 e. The molecule has 0 atom stereocenters. The number of fused-ring (bicyclic) bond motifs is 6. The van der Waals surface area contributed by atoms with Crippen molar-refractivity contribution in [3.8, 4) is 0 Å². The number of rotatable bonds is 0. The lowest BCUT2D eigenvalue weighted by atomic mass is 10.00. The SMILES string of the molecule is O=C1/C(=C2/Sc3ccc4ccccc4c3C2=O)Sc2c1ccc1ccccc21. The molecule has 4 aromatic rings. The smallest absolute Gasteiger partial charge is 0.202 e. The van der Waals surface area contributed by atoms with Crippen molar-refractivity contribution in [3.63, 3.8) is 0 Å². The van der Waals surface area contributed by atoms with Crippen LogP contribution in [0.3, 0.4) is 0 Å². The second kappa shape index (κ2) is 5.84. The molecular formula is C24H12O2S2. The van der Waals surface area contributed by atoms with Gasteiger partial charge < -0.3 is 0 Å². The van der Waals surface area contributed by atoms with Crippen molar-refractivity contribution < 1.29 is 9.59 Å². The summed E-state index contributed by atoms with van der Waals surface area (Å²) in [4.78, 5) is 29.5. The zero-order chi connectivity index (χ0) is 18.8. The van der Waals surface area contributed by atoms with Crippen molar-refractivity contribution in [2.45, 2.75) is 9.79 Å². The molecule has 2 aliphatic heterocycles. The molecule has 0 amide bonds. The van der Waals surface area contributed by atoms with E-state index in [4.69, 9.17) is 0 Å². The molecule has 2 nitrogen and oxygen atoms in total. The molecule has 28 heavy (non-hydrogen) atoms. The first-order chi connectivity index (χ1) is 13.7. The van der Waals surface area contributed by atoms with Crippen molar-refractivity contribution in [3.05, 3.63) is 93.7 Å². The summed E-state index contributed by atoms with van der Waals surface area (Å²) in [5.41, 5.74) is 1.42. The van der Waals surface area contributed by atoms with Crippen LogP contribution in [-0.4, -0.2) is 11.6 Å². The normalized spacial score (nSPS) is 18.1. The minimum atomic E-state index is -0.0429. The number of thioether (sulfide) groups is 2. The Labute approximate surface area is 169 Å². The van der Waals surface area contributed by atoms with Gasteiger partial charge in [-0.05, 0) is 33.7 Å². The Hall–Kier alpha value is -2.82. The summed E-state index contributed by atoms with van der Waals surface area (Å²) in [7, 11) is 0. The summed E-state index contributed by atoms with van der Waals surface area (Å²) in [5, 5.41) is 4.16. The molecule has 0 unspecified atom stereocenters. The highest BCUT2D eigenvalue weighted by Crippen LogP contribution is 2.52. The van der Waals surface area contributed by atoms with Gasteiger partial charge in [-0.25, -0.2) is 0 Å². The number of ketones is 2. The van der Waals surface area contributed by atoms with Crippen LogP contribution in [0.2, 0.25) is 0 Å². The van der Waals surface area contributed by atoms with E-state index in [-0.39, 0.29) is 11.6 Å². The van der Waals surface area contributed by atoms with Crippen LogP contribution in [0, 0.1) is 0 Å². The molecule has 0 aromatic heterocycles. The average Bonchev–Trinajstić information content (AvgIpc) is 3.25. The van der Waals surface area contributed by atoms with Crippen LogP contribution in [-0.2, 0) is 0 Å². The third kappa shape index (κ3) is 2.13. The maximum atomic E-state index is 13.3. The largest absolute Gasteiger partial charge is 0.288 e. The van der Waals surface area contributed by atoms with Gasteiger partial charge in [-0.1, -0.05) is 84.2 Å². The fourth-order valence-electron chi connectivity index (χ4n) is 3.94. The molecule has 0 N–H and O–H groups in total.